The van der Waals surface area contributed by atoms with Crippen LogP contribution in [0.25, 0.3) is 0 Å². The van der Waals surface area contributed by atoms with Crippen LogP contribution in [0.3, 0.4) is 0 Å². The standard InChI is InChI=1S/C33H56N2O2.H2O4S/c1-23(2)10-8-11-25(4)29-18-19-30-26(12-9-20-33(29,30)5)15-16-27-22-28(17-14-24(27)3)37-32(36)31(35)13-6-7-21-34;1-5(2,3)4/h15-16,23,25,28-31H,3,6-14,17-22,34-35H2,1-2,4-5H3;(H2,1,2,3,4)/b26-15+,27-16-;/t25-,28+,29-,30?,31+,33-;/m1./s1. The molecule has 0 heterocycles. The van der Waals surface area contributed by atoms with Crippen LogP contribution >= 0.6 is 0 Å². The van der Waals surface area contributed by atoms with Crippen LogP contribution in [0, 0.1) is 29.1 Å². The van der Waals surface area contributed by atoms with E-state index in [0.29, 0.717) is 24.3 Å². The van der Waals surface area contributed by atoms with Crippen molar-refractivity contribution in [2.45, 2.75) is 130 Å². The van der Waals surface area contributed by atoms with Gasteiger partial charge in [0.1, 0.15) is 12.1 Å². The van der Waals surface area contributed by atoms with E-state index in [1.165, 1.54) is 62.5 Å². The molecule has 0 aromatic carbocycles. The highest BCUT2D eigenvalue weighted by Crippen LogP contribution is 2.60. The van der Waals surface area contributed by atoms with Gasteiger partial charge in [0.05, 0.1) is 0 Å². The highest BCUT2D eigenvalue weighted by Gasteiger charge is 2.50. The maximum absolute atomic E-state index is 12.5. The number of unbranched alkanes of at least 4 members (excludes halogenated alkanes) is 1. The summed E-state index contributed by atoms with van der Waals surface area (Å²) in [6.07, 6.45) is 20.3. The van der Waals surface area contributed by atoms with Crippen molar-refractivity contribution in [1.82, 2.24) is 0 Å². The van der Waals surface area contributed by atoms with Gasteiger partial charge in [-0.2, -0.15) is 8.42 Å². The van der Waals surface area contributed by atoms with Crippen molar-refractivity contribution in [1.29, 1.82) is 0 Å². The van der Waals surface area contributed by atoms with Crippen LogP contribution in [-0.2, 0) is 19.9 Å². The second-order valence-corrected chi connectivity index (χ2v) is 14.5. The monoisotopic (exact) mass is 610 g/mol. The minimum Gasteiger partial charge on any atom is -0.461 e. The number of carbonyl (C=O) groups is 1. The lowest BCUT2D eigenvalue weighted by molar-refractivity contribution is -0.151. The summed E-state index contributed by atoms with van der Waals surface area (Å²) >= 11 is 0. The Labute approximate surface area is 255 Å². The fraction of sp³-hybridized carbons (Fsp3) is 0.788. The molecule has 0 saturated heterocycles. The zero-order valence-corrected chi connectivity index (χ0v) is 27.3. The average molecular weight is 611 g/mol. The van der Waals surface area contributed by atoms with E-state index in [9.17, 15) is 4.79 Å². The van der Waals surface area contributed by atoms with Gasteiger partial charge in [0.2, 0.25) is 0 Å². The van der Waals surface area contributed by atoms with Crippen LogP contribution in [-0.4, -0.2) is 42.2 Å². The number of hydrogen-bond acceptors (Lipinski definition) is 6. The van der Waals surface area contributed by atoms with E-state index in [1.807, 2.05) is 0 Å². The van der Waals surface area contributed by atoms with E-state index in [2.05, 4.69) is 46.4 Å². The van der Waals surface area contributed by atoms with Crippen molar-refractivity contribution >= 4 is 16.4 Å². The lowest BCUT2D eigenvalue weighted by Crippen LogP contribution is -2.36. The Hall–Kier alpha value is -1.52. The third-order valence-corrected chi connectivity index (χ3v) is 9.89. The van der Waals surface area contributed by atoms with Gasteiger partial charge < -0.3 is 16.2 Å². The molecule has 242 valence electrons. The molecule has 0 spiro atoms. The zero-order chi connectivity index (χ0) is 31.5. The van der Waals surface area contributed by atoms with Crippen LogP contribution in [0.5, 0.6) is 0 Å². The summed E-state index contributed by atoms with van der Waals surface area (Å²) in [6, 6.07) is -0.547. The molecule has 0 aliphatic heterocycles. The van der Waals surface area contributed by atoms with Crippen molar-refractivity contribution in [2.75, 3.05) is 6.54 Å². The van der Waals surface area contributed by atoms with E-state index in [1.54, 1.807) is 5.57 Å². The molecule has 0 aromatic rings. The van der Waals surface area contributed by atoms with Crippen LogP contribution in [0.2, 0.25) is 0 Å². The van der Waals surface area contributed by atoms with Crippen LogP contribution < -0.4 is 11.5 Å². The van der Waals surface area contributed by atoms with Crippen molar-refractivity contribution in [3.63, 3.8) is 0 Å². The number of fused-ring (bicyclic) bond motifs is 1. The molecule has 3 aliphatic carbocycles. The Kier molecular flexibility index (Phi) is 14.9. The molecule has 0 aromatic heterocycles. The molecule has 6 N–H and O–H groups in total. The summed E-state index contributed by atoms with van der Waals surface area (Å²) in [5, 5.41) is 0. The molecular formula is C33H58N2O6S. The molecule has 0 radical (unpaired) electrons. The molecular weight excluding hydrogens is 552 g/mol. The van der Waals surface area contributed by atoms with Crippen molar-refractivity contribution < 1.29 is 27.1 Å². The topological polar surface area (TPSA) is 153 Å². The fourth-order valence-corrected chi connectivity index (χ4v) is 7.62. The third-order valence-electron chi connectivity index (χ3n) is 9.89. The van der Waals surface area contributed by atoms with Crippen LogP contribution in [0.4, 0.5) is 0 Å². The highest BCUT2D eigenvalue weighted by molar-refractivity contribution is 7.79. The fourth-order valence-electron chi connectivity index (χ4n) is 7.62. The SMILES string of the molecule is C=C1CC[C@H](OC(=O)[C@@H](N)CCCCN)C/C1=C/C=C1\CCC[C@@]2(C)C1CC[C@@H]2[C@H](C)CCCC(C)C.O=S(=O)(O)O. The molecule has 3 aliphatic rings. The molecule has 6 atom stereocenters. The predicted molar refractivity (Wildman–Crippen MR) is 170 cm³/mol. The normalized spacial score (nSPS) is 29.6. The second-order valence-electron chi connectivity index (χ2n) is 13.6. The van der Waals surface area contributed by atoms with Crippen LogP contribution in [0.1, 0.15) is 118 Å². The molecule has 8 nitrogen and oxygen atoms in total. The first-order valence-electron chi connectivity index (χ1n) is 16.1. The summed E-state index contributed by atoms with van der Waals surface area (Å²) in [7, 11) is -4.67. The number of esters is 1. The first-order valence-corrected chi connectivity index (χ1v) is 17.5. The number of allylic oxidation sites excluding steroid dienone is 4. The Morgan fingerprint density at radius 2 is 1.76 bits per heavy atom. The van der Waals surface area contributed by atoms with Crippen molar-refractivity contribution in [3.8, 4) is 0 Å². The molecule has 3 rings (SSSR count). The minimum absolute atomic E-state index is 0.0950. The predicted octanol–water partition coefficient (Wildman–Crippen LogP) is 6.97. The van der Waals surface area contributed by atoms with Gasteiger partial charge >= 0.3 is 16.4 Å². The van der Waals surface area contributed by atoms with Gasteiger partial charge in [0.15, 0.2) is 0 Å². The van der Waals surface area contributed by atoms with E-state index < -0.39 is 16.4 Å². The van der Waals surface area contributed by atoms with Gasteiger partial charge in [-0.15, -0.1) is 0 Å². The first-order chi connectivity index (χ1) is 19.7. The molecule has 1 unspecified atom stereocenters. The number of hydrogen-bond donors (Lipinski definition) is 4. The molecule has 0 bridgehead atoms. The Balaban J connectivity index is 0.00000113. The summed E-state index contributed by atoms with van der Waals surface area (Å²) in [6.45, 7) is 14.8. The van der Waals surface area contributed by atoms with Gasteiger partial charge in [-0.25, -0.2) is 0 Å². The van der Waals surface area contributed by atoms with Crippen molar-refractivity contribution in [3.05, 3.63) is 35.5 Å². The molecule has 3 fully saturated rings. The Morgan fingerprint density at radius 3 is 2.40 bits per heavy atom. The van der Waals surface area contributed by atoms with E-state index in [4.69, 9.17) is 33.7 Å². The van der Waals surface area contributed by atoms with Gasteiger partial charge in [0, 0.05) is 6.42 Å². The van der Waals surface area contributed by atoms with Crippen molar-refractivity contribution in [2.24, 2.45) is 40.6 Å². The summed E-state index contributed by atoms with van der Waals surface area (Å²) in [5.41, 5.74) is 16.2. The minimum atomic E-state index is -4.67. The highest BCUT2D eigenvalue weighted by atomic mass is 32.3. The molecule has 9 heteroatoms. The van der Waals surface area contributed by atoms with E-state index in [0.717, 1.165) is 49.9 Å². The Morgan fingerprint density at radius 1 is 1.07 bits per heavy atom. The van der Waals surface area contributed by atoms with Gasteiger partial charge in [0.25, 0.3) is 0 Å². The number of rotatable bonds is 12. The largest absolute Gasteiger partial charge is 0.461 e. The maximum atomic E-state index is 12.5. The maximum Gasteiger partial charge on any atom is 0.394 e. The number of carbonyl (C=O) groups excluding carboxylic acids is 1. The summed E-state index contributed by atoms with van der Waals surface area (Å²) in [5.74, 6) is 2.93. The zero-order valence-electron chi connectivity index (χ0n) is 26.5. The lowest BCUT2D eigenvalue weighted by Gasteiger charge is -2.44. The van der Waals surface area contributed by atoms with Crippen LogP contribution in [0.15, 0.2) is 35.5 Å². The number of nitrogens with two attached hydrogens (primary N) is 2. The second kappa shape index (κ2) is 17.1. The van der Waals surface area contributed by atoms with E-state index >= 15 is 0 Å². The quantitative estimate of drug-likeness (QED) is 0.105. The first kappa shape index (κ1) is 36.7. The third kappa shape index (κ3) is 11.9. The molecule has 0 amide bonds. The number of ether oxygens (including phenoxy) is 1. The smallest absolute Gasteiger partial charge is 0.394 e. The Bertz CT molecular complexity index is 1040. The average Bonchev–Trinajstić information content (AvgIpc) is 3.25. The lowest BCUT2D eigenvalue weighted by atomic mass is 9.60. The summed E-state index contributed by atoms with van der Waals surface area (Å²) in [4.78, 5) is 12.5. The van der Waals surface area contributed by atoms with Gasteiger partial charge in [-0.3, -0.25) is 13.9 Å². The molecule has 42 heavy (non-hydrogen) atoms. The van der Waals surface area contributed by atoms with E-state index in [-0.39, 0.29) is 12.1 Å². The summed E-state index contributed by atoms with van der Waals surface area (Å²) < 4.78 is 37.4. The molecule has 3 saturated carbocycles. The van der Waals surface area contributed by atoms with Gasteiger partial charge in [-0.1, -0.05) is 83.3 Å². The van der Waals surface area contributed by atoms with Gasteiger partial charge in [-0.05, 0) is 99.0 Å².